The number of rotatable bonds is 5. The Morgan fingerprint density at radius 3 is 2.72 bits per heavy atom. The van der Waals surface area contributed by atoms with E-state index in [0.29, 0.717) is 5.69 Å². The monoisotopic (exact) mass is 346 g/mol. The standard InChI is InChI=1S/C19H30N4O2/c1-5-23(6-2)15-10-9-13(12-21-15)22-17(24)19(20)14-8-7-11-25-16(14)18(19,3)4/h9-10,12,14,16H,5-8,11,20H2,1-4H3,(H,22,24). The molecule has 138 valence electrons. The summed E-state index contributed by atoms with van der Waals surface area (Å²) in [6.07, 6.45) is 3.68. The lowest BCUT2D eigenvalue weighted by atomic mass is 9.46. The van der Waals surface area contributed by atoms with E-state index in [1.165, 1.54) is 0 Å². The van der Waals surface area contributed by atoms with Crippen molar-refractivity contribution < 1.29 is 9.53 Å². The number of carbonyl (C=O) groups is 1. The molecular weight excluding hydrogens is 316 g/mol. The van der Waals surface area contributed by atoms with Crippen molar-refractivity contribution in [2.24, 2.45) is 17.1 Å². The van der Waals surface area contributed by atoms with Gasteiger partial charge in [-0.15, -0.1) is 0 Å². The molecule has 3 rings (SSSR count). The quantitative estimate of drug-likeness (QED) is 0.856. The molecule has 0 aromatic carbocycles. The summed E-state index contributed by atoms with van der Waals surface area (Å²) < 4.78 is 5.88. The summed E-state index contributed by atoms with van der Waals surface area (Å²) in [5.74, 6) is 0.857. The first-order valence-corrected chi connectivity index (χ1v) is 9.29. The Bertz CT molecular complexity index is 627. The van der Waals surface area contributed by atoms with Gasteiger partial charge >= 0.3 is 0 Å². The van der Waals surface area contributed by atoms with Crippen LogP contribution in [0.1, 0.15) is 40.5 Å². The SMILES string of the molecule is CCN(CC)c1ccc(NC(=O)C2(N)C3CCCOC3C2(C)C)cn1. The molecule has 0 radical (unpaired) electrons. The highest BCUT2D eigenvalue weighted by Gasteiger charge is 2.70. The Morgan fingerprint density at radius 1 is 1.40 bits per heavy atom. The zero-order valence-electron chi connectivity index (χ0n) is 15.7. The molecule has 1 amide bonds. The van der Waals surface area contributed by atoms with E-state index in [2.05, 4.69) is 29.0 Å². The topological polar surface area (TPSA) is 80.5 Å². The molecule has 25 heavy (non-hydrogen) atoms. The van der Waals surface area contributed by atoms with Crippen LogP contribution in [0.2, 0.25) is 0 Å². The first-order valence-electron chi connectivity index (χ1n) is 9.29. The Hall–Kier alpha value is -1.66. The van der Waals surface area contributed by atoms with E-state index >= 15 is 0 Å². The van der Waals surface area contributed by atoms with E-state index < -0.39 is 5.54 Å². The Labute approximate surface area is 150 Å². The molecule has 3 N–H and O–H groups in total. The van der Waals surface area contributed by atoms with Crippen LogP contribution in [0.4, 0.5) is 11.5 Å². The number of ether oxygens (including phenoxy) is 1. The number of carbonyl (C=O) groups excluding carboxylic acids is 1. The zero-order chi connectivity index (χ0) is 18.2. The van der Waals surface area contributed by atoms with Gasteiger partial charge in [0.15, 0.2) is 0 Å². The largest absolute Gasteiger partial charge is 0.377 e. The van der Waals surface area contributed by atoms with Crippen LogP contribution in [0, 0.1) is 11.3 Å². The Balaban J connectivity index is 1.73. The normalized spacial score (nSPS) is 30.1. The van der Waals surface area contributed by atoms with Gasteiger partial charge in [0.1, 0.15) is 11.4 Å². The van der Waals surface area contributed by atoms with E-state index in [0.717, 1.165) is 38.4 Å². The molecule has 0 bridgehead atoms. The maximum atomic E-state index is 13.0. The maximum absolute atomic E-state index is 13.0. The van der Waals surface area contributed by atoms with Crippen LogP contribution in [0.5, 0.6) is 0 Å². The summed E-state index contributed by atoms with van der Waals surface area (Å²) in [5.41, 5.74) is 6.02. The third-order valence-corrected chi connectivity index (χ3v) is 6.15. The minimum Gasteiger partial charge on any atom is -0.377 e. The lowest BCUT2D eigenvalue weighted by Crippen LogP contribution is -2.81. The number of anilines is 2. The van der Waals surface area contributed by atoms with Crippen molar-refractivity contribution in [1.82, 2.24) is 4.98 Å². The predicted octanol–water partition coefficient (Wildman–Crippen LogP) is 2.40. The number of amides is 1. The van der Waals surface area contributed by atoms with Crippen molar-refractivity contribution in [3.8, 4) is 0 Å². The zero-order valence-corrected chi connectivity index (χ0v) is 15.7. The number of fused-ring (bicyclic) bond motifs is 1. The molecule has 2 aliphatic rings. The second kappa shape index (κ2) is 6.57. The van der Waals surface area contributed by atoms with Gasteiger partial charge in [-0.25, -0.2) is 4.98 Å². The van der Waals surface area contributed by atoms with Gasteiger partial charge in [0.25, 0.3) is 0 Å². The molecule has 1 aliphatic heterocycles. The highest BCUT2D eigenvalue weighted by molar-refractivity contribution is 6.00. The van der Waals surface area contributed by atoms with Crippen LogP contribution in [0.3, 0.4) is 0 Å². The van der Waals surface area contributed by atoms with E-state index in [4.69, 9.17) is 10.5 Å². The lowest BCUT2D eigenvalue weighted by Gasteiger charge is -2.65. The third kappa shape index (κ3) is 2.72. The average molecular weight is 346 g/mol. The molecule has 6 nitrogen and oxygen atoms in total. The Morgan fingerprint density at radius 2 is 2.12 bits per heavy atom. The number of nitrogens with zero attached hydrogens (tertiary/aromatic N) is 2. The van der Waals surface area contributed by atoms with Crippen molar-refractivity contribution in [3.05, 3.63) is 18.3 Å². The van der Waals surface area contributed by atoms with Gasteiger partial charge in [-0.3, -0.25) is 4.79 Å². The smallest absolute Gasteiger partial charge is 0.245 e. The molecule has 6 heteroatoms. The highest BCUT2D eigenvalue weighted by Crippen LogP contribution is 2.57. The molecule has 2 fully saturated rings. The molecular formula is C19H30N4O2. The molecule has 1 saturated heterocycles. The van der Waals surface area contributed by atoms with Gasteiger partial charge in [0.2, 0.25) is 5.91 Å². The summed E-state index contributed by atoms with van der Waals surface area (Å²) >= 11 is 0. The summed E-state index contributed by atoms with van der Waals surface area (Å²) in [6.45, 7) is 10.8. The van der Waals surface area contributed by atoms with Crippen molar-refractivity contribution in [2.45, 2.75) is 52.2 Å². The van der Waals surface area contributed by atoms with E-state index in [1.807, 2.05) is 26.0 Å². The number of hydrogen-bond donors (Lipinski definition) is 2. The Kier molecular flexibility index (Phi) is 4.77. The van der Waals surface area contributed by atoms with Crippen LogP contribution in [0.25, 0.3) is 0 Å². The number of aromatic nitrogens is 1. The molecule has 1 saturated carbocycles. The molecule has 3 atom stereocenters. The average Bonchev–Trinajstić information content (AvgIpc) is 2.63. The highest BCUT2D eigenvalue weighted by atomic mass is 16.5. The fraction of sp³-hybridized carbons (Fsp3) is 0.684. The second-order valence-corrected chi connectivity index (χ2v) is 7.66. The van der Waals surface area contributed by atoms with Crippen LogP contribution in [0.15, 0.2) is 18.3 Å². The maximum Gasteiger partial charge on any atom is 0.245 e. The molecule has 1 aliphatic carbocycles. The summed E-state index contributed by atoms with van der Waals surface area (Å²) in [5, 5.41) is 2.97. The van der Waals surface area contributed by atoms with Crippen molar-refractivity contribution in [2.75, 3.05) is 29.9 Å². The number of hydrogen-bond acceptors (Lipinski definition) is 5. The van der Waals surface area contributed by atoms with Crippen molar-refractivity contribution >= 4 is 17.4 Å². The first kappa shape index (κ1) is 18.1. The van der Waals surface area contributed by atoms with Crippen molar-refractivity contribution in [1.29, 1.82) is 0 Å². The fourth-order valence-electron chi connectivity index (χ4n) is 4.47. The van der Waals surface area contributed by atoms with Gasteiger partial charge in [0.05, 0.1) is 18.0 Å². The summed E-state index contributed by atoms with van der Waals surface area (Å²) in [6, 6.07) is 3.83. The van der Waals surface area contributed by atoms with Gasteiger partial charge in [-0.1, -0.05) is 13.8 Å². The number of pyridine rings is 1. The minimum atomic E-state index is -0.907. The minimum absolute atomic E-state index is 0.0696. The van der Waals surface area contributed by atoms with Crippen LogP contribution < -0.4 is 16.0 Å². The van der Waals surface area contributed by atoms with Crippen LogP contribution in [-0.2, 0) is 9.53 Å². The van der Waals surface area contributed by atoms with Gasteiger partial charge in [-0.2, -0.15) is 0 Å². The number of nitrogens with two attached hydrogens (primary N) is 1. The fourth-order valence-corrected chi connectivity index (χ4v) is 4.47. The van der Waals surface area contributed by atoms with Crippen LogP contribution in [-0.4, -0.2) is 42.2 Å². The van der Waals surface area contributed by atoms with E-state index in [9.17, 15) is 4.79 Å². The number of nitrogens with one attached hydrogen (secondary N) is 1. The van der Waals surface area contributed by atoms with E-state index in [-0.39, 0.29) is 23.3 Å². The lowest BCUT2D eigenvalue weighted by molar-refractivity contribution is -0.222. The third-order valence-electron chi connectivity index (χ3n) is 6.15. The molecule has 1 aromatic rings. The summed E-state index contributed by atoms with van der Waals surface area (Å²) in [7, 11) is 0. The van der Waals surface area contributed by atoms with Crippen LogP contribution >= 0.6 is 0 Å². The van der Waals surface area contributed by atoms with Crippen molar-refractivity contribution in [3.63, 3.8) is 0 Å². The summed E-state index contributed by atoms with van der Waals surface area (Å²) in [4.78, 5) is 19.6. The molecule has 3 unspecified atom stereocenters. The van der Waals surface area contributed by atoms with Gasteiger partial charge in [0, 0.05) is 31.0 Å². The molecule has 0 spiro atoms. The molecule has 2 heterocycles. The van der Waals surface area contributed by atoms with Gasteiger partial charge in [-0.05, 0) is 38.8 Å². The predicted molar refractivity (Wildman–Crippen MR) is 99.6 cm³/mol. The molecule has 1 aromatic heterocycles. The second-order valence-electron chi connectivity index (χ2n) is 7.66. The first-order chi connectivity index (χ1) is 11.9. The van der Waals surface area contributed by atoms with E-state index in [1.54, 1.807) is 6.20 Å². The van der Waals surface area contributed by atoms with Gasteiger partial charge < -0.3 is 20.7 Å².